The quantitative estimate of drug-likeness (QED) is 0.340. The molecule has 3 aromatic rings. The van der Waals surface area contributed by atoms with Crippen molar-refractivity contribution in [2.45, 2.75) is 25.4 Å². The van der Waals surface area contributed by atoms with Gasteiger partial charge in [0.15, 0.2) is 0 Å². The molecular formula is C25H21N3O5. The lowest BCUT2D eigenvalue weighted by atomic mass is 9.98. The maximum atomic E-state index is 13.2. The Morgan fingerprint density at radius 3 is 2.21 bits per heavy atom. The second kappa shape index (κ2) is 9.04. The molecule has 0 spiro atoms. The zero-order chi connectivity index (χ0) is 23.5. The van der Waals surface area contributed by atoms with Gasteiger partial charge in [0.05, 0.1) is 16.5 Å². The summed E-state index contributed by atoms with van der Waals surface area (Å²) in [7, 11) is 0. The maximum absolute atomic E-state index is 13.2. The van der Waals surface area contributed by atoms with Gasteiger partial charge in [-0.15, -0.1) is 0 Å². The molecule has 166 valence electrons. The van der Waals surface area contributed by atoms with Crippen LogP contribution in [0.5, 0.6) is 0 Å². The third-order valence-corrected chi connectivity index (χ3v) is 5.69. The van der Waals surface area contributed by atoms with Crippen molar-refractivity contribution in [2.24, 2.45) is 0 Å². The third kappa shape index (κ3) is 4.23. The summed E-state index contributed by atoms with van der Waals surface area (Å²) in [6.07, 6.45) is 0.511. The van der Waals surface area contributed by atoms with E-state index in [0.29, 0.717) is 6.42 Å². The van der Waals surface area contributed by atoms with Gasteiger partial charge >= 0.3 is 0 Å². The zero-order valence-electron chi connectivity index (χ0n) is 17.8. The lowest BCUT2D eigenvalue weighted by Crippen LogP contribution is -2.48. The molecule has 33 heavy (non-hydrogen) atoms. The SMILES string of the molecule is C[C@@H](C(=O)N[C@H](Cc1ccccc1)c1ccccc1)N1C(=O)c2cccc([N+](=O)[O-])c2C1=O. The molecule has 3 amide bonds. The molecule has 8 nitrogen and oxygen atoms in total. The number of hydrogen-bond acceptors (Lipinski definition) is 5. The van der Waals surface area contributed by atoms with Gasteiger partial charge in [-0.2, -0.15) is 0 Å². The fraction of sp³-hybridized carbons (Fsp3) is 0.160. The van der Waals surface area contributed by atoms with E-state index in [2.05, 4.69) is 5.32 Å². The Labute approximate surface area is 190 Å². The molecule has 0 radical (unpaired) electrons. The second-order valence-electron chi connectivity index (χ2n) is 7.77. The first kappa shape index (κ1) is 21.9. The first-order valence-corrected chi connectivity index (χ1v) is 10.4. The lowest BCUT2D eigenvalue weighted by Gasteiger charge is -2.26. The van der Waals surface area contributed by atoms with Gasteiger partial charge in [-0.25, -0.2) is 0 Å². The molecule has 0 saturated heterocycles. The average Bonchev–Trinajstić information content (AvgIpc) is 3.09. The van der Waals surface area contributed by atoms with Crippen LogP contribution in [0.4, 0.5) is 5.69 Å². The van der Waals surface area contributed by atoms with Crippen molar-refractivity contribution in [3.63, 3.8) is 0 Å². The molecule has 1 N–H and O–H groups in total. The summed E-state index contributed by atoms with van der Waals surface area (Å²) in [6, 6.07) is 21.4. The Morgan fingerprint density at radius 2 is 1.58 bits per heavy atom. The van der Waals surface area contributed by atoms with Gasteiger partial charge in [-0.1, -0.05) is 66.7 Å². The number of nitro benzene ring substituents is 1. The first-order chi connectivity index (χ1) is 15.9. The van der Waals surface area contributed by atoms with Crippen LogP contribution in [-0.4, -0.2) is 33.6 Å². The molecule has 0 aliphatic carbocycles. The lowest BCUT2D eigenvalue weighted by molar-refractivity contribution is -0.385. The van der Waals surface area contributed by atoms with E-state index >= 15 is 0 Å². The van der Waals surface area contributed by atoms with Crippen molar-refractivity contribution in [1.82, 2.24) is 10.2 Å². The van der Waals surface area contributed by atoms with Crippen molar-refractivity contribution >= 4 is 23.4 Å². The third-order valence-electron chi connectivity index (χ3n) is 5.69. The van der Waals surface area contributed by atoms with E-state index in [4.69, 9.17) is 0 Å². The Morgan fingerprint density at radius 1 is 0.939 bits per heavy atom. The predicted octanol–water partition coefficient (Wildman–Crippen LogP) is 3.68. The largest absolute Gasteiger partial charge is 0.347 e. The summed E-state index contributed by atoms with van der Waals surface area (Å²) in [5, 5.41) is 14.3. The average molecular weight is 443 g/mol. The number of amides is 3. The fourth-order valence-corrected chi connectivity index (χ4v) is 3.99. The molecule has 2 atom stereocenters. The van der Waals surface area contributed by atoms with Crippen LogP contribution in [0.2, 0.25) is 0 Å². The van der Waals surface area contributed by atoms with Crippen LogP contribution in [0.25, 0.3) is 0 Å². The molecule has 1 aliphatic heterocycles. The molecule has 1 aliphatic rings. The number of rotatable bonds is 7. The smallest absolute Gasteiger partial charge is 0.282 e. The standard InChI is InChI=1S/C25H21N3O5/c1-16(27-24(30)19-13-8-14-21(28(32)33)22(19)25(27)31)23(29)26-20(18-11-6-3-7-12-18)15-17-9-4-2-5-10-17/h2-14,16,20H,15H2,1H3,(H,26,29)/t16-,20+/m0/s1. The van der Waals surface area contributed by atoms with Gasteiger partial charge in [0, 0.05) is 6.07 Å². The highest BCUT2D eigenvalue weighted by atomic mass is 16.6. The fourth-order valence-electron chi connectivity index (χ4n) is 3.99. The normalized spacial score (nSPS) is 14.5. The van der Waals surface area contributed by atoms with Crippen molar-refractivity contribution in [2.75, 3.05) is 0 Å². The molecule has 1 heterocycles. The highest BCUT2D eigenvalue weighted by molar-refractivity contribution is 6.24. The number of carbonyl (C=O) groups is 3. The highest BCUT2D eigenvalue weighted by Crippen LogP contribution is 2.32. The van der Waals surface area contributed by atoms with Crippen LogP contribution in [0.1, 0.15) is 44.8 Å². The number of nitro groups is 1. The Hall–Kier alpha value is -4.33. The molecule has 0 fully saturated rings. The van der Waals surface area contributed by atoms with E-state index in [0.717, 1.165) is 16.0 Å². The minimum absolute atomic E-state index is 0.0715. The number of benzene rings is 3. The van der Waals surface area contributed by atoms with Crippen molar-refractivity contribution in [3.8, 4) is 0 Å². The second-order valence-corrected chi connectivity index (χ2v) is 7.77. The molecule has 0 bridgehead atoms. The Kier molecular flexibility index (Phi) is 5.99. The van der Waals surface area contributed by atoms with Crippen LogP contribution < -0.4 is 5.32 Å². The molecule has 0 saturated carbocycles. The van der Waals surface area contributed by atoms with Gasteiger partial charge in [0.2, 0.25) is 5.91 Å². The van der Waals surface area contributed by atoms with E-state index in [9.17, 15) is 24.5 Å². The number of carbonyl (C=O) groups excluding carboxylic acids is 3. The maximum Gasteiger partial charge on any atom is 0.282 e. The Balaban J connectivity index is 1.59. The van der Waals surface area contributed by atoms with E-state index in [1.165, 1.54) is 25.1 Å². The summed E-state index contributed by atoms with van der Waals surface area (Å²) in [5.41, 5.74) is 1.08. The monoisotopic (exact) mass is 443 g/mol. The molecule has 4 rings (SSSR count). The molecule has 0 aromatic heterocycles. The van der Waals surface area contributed by atoms with Gasteiger partial charge < -0.3 is 5.32 Å². The van der Waals surface area contributed by atoms with Crippen LogP contribution in [0, 0.1) is 10.1 Å². The first-order valence-electron chi connectivity index (χ1n) is 10.4. The summed E-state index contributed by atoms with van der Waals surface area (Å²) in [6.45, 7) is 1.44. The number of imide groups is 1. The van der Waals surface area contributed by atoms with Crippen molar-refractivity contribution < 1.29 is 19.3 Å². The minimum atomic E-state index is -1.15. The minimum Gasteiger partial charge on any atom is -0.347 e. The predicted molar refractivity (Wildman–Crippen MR) is 121 cm³/mol. The van der Waals surface area contributed by atoms with E-state index < -0.39 is 40.4 Å². The topological polar surface area (TPSA) is 110 Å². The van der Waals surface area contributed by atoms with Gasteiger partial charge in [0.1, 0.15) is 11.6 Å². The number of hydrogen-bond donors (Lipinski definition) is 1. The van der Waals surface area contributed by atoms with Gasteiger partial charge in [-0.3, -0.25) is 29.4 Å². The van der Waals surface area contributed by atoms with Crippen molar-refractivity contribution in [1.29, 1.82) is 0 Å². The van der Waals surface area contributed by atoms with Crippen LogP contribution in [0.15, 0.2) is 78.9 Å². The van der Waals surface area contributed by atoms with Gasteiger partial charge in [-0.05, 0) is 30.5 Å². The summed E-state index contributed by atoms with van der Waals surface area (Å²) < 4.78 is 0. The molecule has 8 heteroatoms. The number of nitrogens with one attached hydrogen (secondary N) is 1. The summed E-state index contributed by atoms with van der Waals surface area (Å²) >= 11 is 0. The highest BCUT2D eigenvalue weighted by Gasteiger charge is 2.45. The zero-order valence-corrected chi connectivity index (χ0v) is 17.8. The van der Waals surface area contributed by atoms with Crippen molar-refractivity contribution in [3.05, 3.63) is 111 Å². The van der Waals surface area contributed by atoms with Crippen LogP contribution in [-0.2, 0) is 11.2 Å². The summed E-state index contributed by atoms with van der Waals surface area (Å²) in [4.78, 5) is 50.4. The van der Waals surface area contributed by atoms with E-state index in [1.807, 2.05) is 60.7 Å². The number of nitrogens with zero attached hydrogens (tertiary/aromatic N) is 2. The Bertz CT molecular complexity index is 1230. The van der Waals surface area contributed by atoms with E-state index in [-0.39, 0.29) is 11.1 Å². The van der Waals surface area contributed by atoms with Crippen LogP contribution >= 0.6 is 0 Å². The molecule has 0 unspecified atom stereocenters. The van der Waals surface area contributed by atoms with Gasteiger partial charge in [0.25, 0.3) is 17.5 Å². The molecular weight excluding hydrogens is 422 g/mol. The van der Waals surface area contributed by atoms with Crippen LogP contribution in [0.3, 0.4) is 0 Å². The molecule has 3 aromatic carbocycles. The van der Waals surface area contributed by atoms with E-state index in [1.54, 1.807) is 0 Å². The summed E-state index contributed by atoms with van der Waals surface area (Å²) in [5.74, 6) is -2.10. The number of fused-ring (bicyclic) bond motifs is 1.